The van der Waals surface area contributed by atoms with Gasteiger partial charge in [-0.25, -0.2) is 0 Å². The Labute approximate surface area is 165 Å². The summed E-state index contributed by atoms with van der Waals surface area (Å²) in [6.45, 7) is 0. The number of carbonyl (C=O) groups is 1. The zero-order valence-electron chi connectivity index (χ0n) is 14.8. The van der Waals surface area contributed by atoms with Crippen LogP contribution >= 0.6 is 0 Å². The Balaban J connectivity index is 2.02. The lowest BCUT2D eigenvalue weighted by Crippen LogP contribution is -2.17. The van der Waals surface area contributed by atoms with Crippen LogP contribution in [-0.4, -0.2) is 24.0 Å². The van der Waals surface area contributed by atoms with Crippen molar-refractivity contribution in [2.24, 2.45) is 0 Å². The third-order valence-corrected chi connectivity index (χ3v) is 3.81. The standard InChI is InChI=1S/C20H11F6NO3/c21-19(22,23)29-15-5-1-3-12(7-15)14-9-17(18(11-28)27-10-14)13-4-2-6-16(8-13)30-20(24,25)26/h1-11H. The van der Waals surface area contributed by atoms with Crippen molar-refractivity contribution in [1.29, 1.82) is 0 Å². The molecule has 0 spiro atoms. The molecule has 0 radical (unpaired) electrons. The Morgan fingerprint density at radius 1 is 0.733 bits per heavy atom. The van der Waals surface area contributed by atoms with Gasteiger partial charge in [-0.05, 0) is 41.5 Å². The molecule has 0 aliphatic carbocycles. The minimum atomic E-state index is -4.90. The third kappa shape index (κ3) is 5.49. The molecule has 4 nitrogen and oxygen atoms in total. The molecule has 0 aliphatic heterocycles. The average molecular weight is 427 g/mol. The molecule has 0 fully saturated rings. The summed E-state index contributed by atoms with van der Waals surface area (Å²) in [6.07, 6.45) is -8.09. The van der Waals surface area contributed by atoms with E-state index in [0.717, 1.165) is 24.3 Å². The molecule has 0 aliphatic rings. The zero-order valence-corrected chi connectivity index (χ0v) is 14.8. The van der Waals surface area contributed by atoms with Gasteiger partial charge in [0.25, 0.3) is 0 Å². The first-order valence-electron chi connectivity index (χ1n) is 8.22. The normalized spacial score (nSPS) is 11.8. The van der Waals surface area contributed by atoms with Crippen LogP contribution in [0.25, 0.3) is 22.3 Å². The first kappa shape index (κ1) is 21.2. The summed E-state index contributed by atoms with van der Waals surface area (Å²) in [6, 6.07) is 11.4. The van der Waals surface area contributed by atoms with E-state index in [1.54, 1.807) is 0 Å². The number of hydrogen-bond donors (Lipinski definition) is 0. The highest BCUT2D eigenvalue weighted by molar-refractivity contribution is 5.87. The fraction of sp³-hybridized carbons (Fsp3) is 0.100. The summed E-state index contributed by atoms with van der Waals surface area (Å²) >= 11 is 0. The van der Waals surface area contributed by atoms with E-state index in [0.29, 0.717) is 17.4 Å². The van der Waals surface area contributed by atoms with Crippen LogP contribution < -0.4 is 9.47 Å². The molecule has 0 saturated heterocycles. The minimum absolute atomic E-state index is 0.0643. The summed E-state index contributed by atoms with van der Waals surface area (Å²) < 4.78 is 82.6. The van der Waals surface area contributed by atoms with Crippen molar-refractivity contribution < 1.29 is 40.6 Å². The summed E-state index contributed by atoms with van der Waals surface area (Å²) in [4.78, 5) is 15.3. The second kappa shape index (κ2) is 8.05. The number of aromatic nitrogens is 1. The number of alkyl halides is 6. The second-order valence-corrected chi connectivity index (χ2v) is 5.93. The van der Waals surface area contributed by atoms with E-state index in [4.69, 9.17) is 0 Å². The van der Waals surface area contributed by atoms with Gasteiger partial charge in [0, 0.05) is 17.3 Å². The molecular weight excluding hydrogens is 416 g/mol. The van der Waals surface area contributed by atoms with Gasteiger partial charge in [-0.15, -0.1) is 26.3 Å². The van der Waals surface area contributed by atoms with Crippen molar-refractivity contribution in [2.75, 3.05) is 0 Å². The van der Waals surface area contributed by atoms with E-state index in [9.17, 15) is 31.1 Å². The Bertz CT molecular complexity index is 1060. The zero-order chi connectivity index (χ0) is 21.9. The van der Waals surface area contributed by atoms with Crippen LogP contribution in [0.4, 0.5) is 26.3 Å². The summed E-state index contributed by atoms with van der Waals surface area (Å²) in [5.41, 5.74) is 0.940. The topological polar surface area (TPSA) is 48.4 Å². The van der Waals surface area contributed by atoms with Gasteiger partial charge in [0.1, 0.15) is 17.2 Å². The molecule has 0 saturated carbocycles. The quantitative estimate of drug-likeness (QED) is 0.369. The SMILES string of the molecule is O=Cc1ncc(-c2cccc(OC(F)(F)F)c2)cc1-c1cccc(OC(F)(F)F)c1. The van der Waals surface area contributed by atoms with Crippen LogP contribution in [-0.2, 0) is 0 Å². The molecule has 30 heavy (non-hydrogen) atoms. The van der Waals surface area contributed by atoms with E-state index >= 15 is 0 Å². The van der Waals surface area contributed by atoms with Crippen molar-refractivity contribution in [2.45, 2.75) is 12.7 Å². The van der Waals surface area contributed by atoms with Crippen LogP contribution in [0.15, 0.2) is 60.8 Å². The highest BCUT2D eigenvalue weighted by atomic mass is 19.4. The monoisotopic (exact) mass is 427 g/mol. The lowest BCUT2D eigenvalue weighted by molar-refractivity contribution is -0.275. The maximum Gasteiger partial charge on any atom is 0.573 e. The summed E-state index contributed by atoms with van der Waals surface area (Å²) in [5, 5.41) is 0. The number of pyridine rings is 1. The highest BCUT2D eigenvalue weighted by Crippen LogP contribution is 2.33. The lowest BCUT2D eigenvalue weighted by atomic mass is 9.99. The molecule has 156 valence electrons. The number of rotatable bonds is 5. The van der Waals surface area contributed by atoms with E-state index in [1.165, 1.54) is 36.5 Å². The molecule has 0 unspecified atom stereocenters. The van der Waals surface area contributed by atoms with E-state index in [-0.39, 0.29) is 16.8 Å². The molecule has 2 aromatic carbocycles. The number of halogens is 6. The number of aldehydes is 1. The fourth-order valence-electron chi connectivity index (χ4n) is 2.69. The van der Waals surface area contributed by atoms with Gasteiger partial charge in [0.05, 0.1) is 0 Å². The van der Waals surface area contributed by atoms with Crippen molar-refractivity contribution >= 4 is 6.29 Å². The highest BCUT2D eigenvalue weighted by Gasteiger charge is 2.32. The molecule has 1 heterocycles. The van der Waals surface area contributed by atoms with Gasteiger partial charge in [-0.3, -0.25) is 9.78 Å². The van der Waals surface area contributed by atoms with Crippen molar-refractivity contribution in [3.05, 3.63) is 66.5 Å². The van der Waals surface area contributed by atoms with E-state index in [1.807, 2.05) is 0 Å². The van der Waals surface area contributed by atoms with Gasteiger partial charge in [-0.2, -0.15) is 0 Å². The Kier molecular flexibility index (Phi) is 5.68. The second-order valence-electron chi connectivity index (χ2n) is 5.93. The fourth-order valence-corrected chi connectivity index (χ4v) is 2.69. The van der Waals surface area contributed by atoms with Crippen molar-refractivity contribution in [3.63, 3.8) is 0 Å². The number of hydrogen-bond acceptors (Lipinski definition) is 4. The lowest BCUT2D eigenvalue weighted by Gasteiger charge is -2.13. The molecule has 3 rings (SSSR count). The summed E-state index contributed by atoms with van der Waals surface area (Å²) in [5.74, 6) is -0.954. The summed E-state index contributed by atoms with van der Waals surface area (Å²) in [7, 11) is 0. The van der Waals surface area contributed by atoms with Crippen LogP contribution in [0.2, 0.25) is 0 Å². The van der Waals surface area contributed by atoms with Crippen LogP contribution in [0, 0.1) is 0 Å². The third-order valence-electron chi connectivity index (χ3n) is 3.81. The molecule has 0 atom stereocenters. The van der Waals surface area contributed by atoms with Crippen molar-refractivity contribution in [1.82, 2.24) is 4.98 Å². The van der Waals surface area contributed by atoms with Crippen LogP contribution in [0.3, 0.4) is 0 Å². The van der Waals surface area contributed by atoms with Gasteiger partial charge in [0.15, 0.2) is 6.29 Å². The van der Waals surface area contributed by atoms with Gasteiger partial charge in [0.2, 0.25) is 0 Å². The number of nitrogens with zero attached hydrogens (tertiary/aromatic N) is 1. The Morgan fingerprint density at radius 3 is 1.80 bits per heavy atom. The number of carbonyl (C=O) groups excluding carboxylic acids is 1. The predicted molar refractivity (Wildman–Crippen MR) is 93.9 cm³/mol. The van der Waals surface area contributed by atoms with Gasteiger partial charge >= 0.3 is 12.7 Å². The van der Waals surface area contributed by atoms with Crippen LogP contribution in [0.1, 0.15) is 10.5 Å². The maximum absolute atomic E-state index is 12.5. The van der Waals surface area contributed by atoms with Gasteiger partial charge in [-0.1, -0.05) is 24.3 Å². The average Bonchev–Trinajstić information content (AvgIpc) is 2.65. The maximum atomic E-state index is 12.5. The first-order chi connectivity index (χ1) is 14.0. The number of benzene rings is 2. The predicted octanol–water partition coefficient (Wildman–Crippen LogP) is 6.03. The largest absolute Gasteiger partial charge is 0.573 e. The Hall–Kier alpha value is -3.56. The molecule has 0 bridgehead atoms. The van der Waals surface area contributed by atoms with E-state index < -0.39 is 24.2 Å². The van der Waals surface area contributed by atoms with Crippen LogP contribution in [0.5, 0.6) is 11.5 Å². The molecule has 0 N–H and O–H groups in total. The number of ether oxygens (including phenoxy) is 2. The smallest absolute Gasteiger partial charge is 0.406 e. The van der Waals surface area contributed by atoms with Crippen molar-refractivity contribution in [3.8, 4) is 33.8 Å². The minimum Gasteiger partial charge on any atom is -0.406 e. The molecule has 0 amide bonds. The molecular formula is C20H11F6NO3. The molecule has 1 aromatic heterocycles. The molecule has 3 aromatic rings. The Morgan fingerprint density at radius 2 is 1.27 bits per heavy atom. The van der Waals surface area contributed by atoms with E-state index in [2.05, 4.69) is 14.5 Å². The molecule has 10 heteroatoms. The first-order valence-corrected chi connectivity index (χ1v) is 8.22. The van der Waals surface area contributed by atoms with Gasteiger partial charge < -0.3 is 9.47 Å².